The number of ether oxygens (including phenoxy) is 1. The normalized spacial score (nSPS) is 16.2. The van der Waals surface area contributed by atoms with Gasteiger partial charge in [0.2, 0.25) is 0 Å². The fourth-order valence-corrected chi connectivity index (χ4v) is 3.34. The number of carbonyl (C=O) groups is 1. The molecule has 1 aliphatic rings. The Labute approximate surface area is 157 Å². The maximum absolute atomic E-state index is 9.62. The van der Waals surface area contributed by atoms with Crippen LogP contribution in [0.2, 0.25) is 0 Å². The molecule has 0 bridgehead atoms. The molecule has 4 heteroatoms. The smallest absolute Gasteiger partial charge is 0.133 e. The number of hydrogen-bond donors (Lipinski definition) is 1. The van der Waals surface area contributed by atoms with E-state index in [-0.39, 0.29) is 0 Å². The Hall–Kier alpha value is -2.17. The van der Waals surface area contributed by atoms with Gasteiger partial charge in [0.15, 0.2) is 0 Å². The molecule has 1 heterocycles. The lowest BCUT2D eigenvalue weighted by atomic mass is 9.88. The quantitative estimate of drug-likeness (QED) is 0.637. The van der Waals surface area contributed by atoms with Crippen molar-refractivity contribution in [2.24, 2.45) is 0 Å². The predicted octanol–water partition coefficient (Wildman–Crippen LogP) is 3.46. The number of benzene rings is 2. The van der Waals surface area contributed by atoms with Gasteiger partial charge in [-0.05, 0) is 43.6 Å². The first-order valence-electron chi connectivity index (χ1n) is 9.28. The summed E-state index contributed by atoms with van der Waals surface area (Å²) in [5, 5.41) is 2.92. The lowest BCUT2D eigenvalue weighted by Crippen LogP contribution is -2.33. The van der Waals surface area contributed by atoms with Crippen molar-refractivity contribution in [3.8, 4) is 5.75 Å². The summed E-state index contributed by atoms with van der Waals surface area (Å²) < 4.78 is 5.59. The van der Waals surface area contributed by atoms with Crippen LogP contribution in [-0.4, -0.2) is 45.0 Å². The minimum Gasteiger partial charge on any atom is -0.496 e. The number of fused-ring (bicyclic) bond motifs is 1. The van der Waals surface area contributed by atoms with Gasteiger partial charge in [0.05, 0.1) is 19.7 Å². The molecule has 0 aliphatic carbocycles. The Balaban J connectivity index is 0.000000298. The van der Waals surface area contributed by atoms with Crippen LogP contribution in [0.25, 0.3) is 0 Å². The molecular formula is C22H30N2O2. The van der Waals surface area contributed by atoms with Crippen LogP contribution in [-0.2, 0) is 11.2 Å². The van der Waals surface area contributed by atoms with Crippen molar-refractivity contribution < 1.29 is 9.53 Å². The lowest BCUT2D eigenvalue weighted by Gasteiger charge is -2.35. The van der Waals surface area contributed by atoms with Crippen molar-refractivity contribution in [3.63, 3.8) is 0 Å². The van der Waals surface area contributed by atoms with E-state index >= 15 is 0 Å². The standard InChI is InChI=1S/C17H19NO.C5H11NO/c1-18-12-11-13-9-6-10-15(19-2)16(13)17(18)14-7-4-3-5-8-14;1-2-3-6-4-5-7/h3-10,17H,11-12H2,1-2H3;5-6H,2-4H2,1H3. The third-order valence-electron chi connectivity index (χ3n) is 4.59. The average Bonchev–Trinajstić information content (AvgIpc) is 2.69. The predicted molar refractivity (Wildman–Crippen MR) is 107 cm³/mol. The third kappa shape index (κ3) is 5.16. The summed E-state index contributed by atoms with van der Waals surface area (Å²) in [6.07, 6.45) is 3.05. The van der Waals surface area contributed by atoms with E-state index in [2.05, 4.69) is 72.7 Å². The Morgan fingerprint density at radius 3 is 2.62 bits per heavy atom. The van der Waals surface area contributed by atoms with Crippen molar-refractivity contribution in [1.82, 2.24) is 10.2 Å². The number of nitrogens with zero attached hydrogens (tertiary/aromatic N) is 1. The van der Waals surface area contributed by atoms with Gasteiger partial charge in [-0.1, -0.05) is 49.4 Å². The van der Waals surface area contributed by atoms with Crippen LogP contribution >= 0.6 is 0 Å². The topological polar surface area (TPSA) is 41.6 Å². The summed E-state index contributed by atoms with van der Waals surface area (Å²) in [5.74, 6) is 0.998. The van der Waals surface area contributed by atoms with E-state index in [1.807, 2.05) is 0 Å². The number of methoxy groups -OCH3 is 1. The number of rotatable bonds is 6. The maximum Gasteiger partial charge on any atom is 0.133 e. The molecule has 0 aromatic heterocycles. The van der Waals surface area contributed by atoms with Crippen LogP contribution in [0.15, 0.2) is 48.5 Å². The molecular weight excluding hydrogens is 324 g/mol. The van der Waals surface area contributed by atoms with Crippen molar-refractivity contribution in [2.75, 3.05) is 33.8 Å². The number of aldehydes is 1. The van der Waals surface area contributed by atoms with Gasteiger partial charge in [-0.3, -0.25) is 4.90 Å². The van der Waals surface area contributed by atoms with E-state index in [1.165, 1.54) is 16.7 Å². The van der Waals surface area contributed by atoms with Crippen molar-refractivity contribution in [2.45, 2.75) is 25.8 Å². The van der Waals surface area contributed by atoms with Gasteiger partial charge in [-0.25, -0.2) is 0 Å². The second kappa shape index (κ2) is 10.7. The molecule has 1 atom stereocenters. The molecule has 0 fully saturated rings. The summed E-state index contributed by atoms with van der Waals surface area (Å²) in [6, 6.07) is 17.3. The third-order valence-corrected chi connectivity index (χ3v) is 4.59. The highest BCUT2D eigenvalue weighted by Crippen LogP contribution is 2.39. The molecule has 2 aromatic carbocycles. The molecule has 0 radical (unpaired) electrons. The monoisotopic (exact) mass is 354 g/mol. The molecule has 140 valence electrons. The van der Waals surface area contributed by atoms with Crippen LogP contribution < -0.4 is 10.1 Å². The van der Waals surface area contributed by atoms with Crippen LogP contribution in [0.4, 0.5) is 0 Å². The fourth-order valence-electron chi connectivity index (χ4n) is 3.34. The van der Waals surface area contributed by atoms with E-state index in [0.29, 0.717) is 12.6 Å². The molecule has 0 amide bonds. The molecule has 2 aromatic rings. The molecule has 1 unspecified atom stereocenters. The number of nitrogens with one attached hydrogen (secondary N) is 1. The first kappa shape index (κ1) is 20.1. The summed E-state index contributed by atoms with van der Waals surface area (Å²) in [4.78, 5) is 12.0. The van der Waals surface area contributed by atoms with Crippen LogP contribution in [0.1, 0.15) is 36.1 Å². The van der Waals surface area contributed by atoms with Crippen molar-refractivity contribution in [3.05, 3.63) is 65.2 Å². The molecule has 1 aliphatic heterocycles. The largest absolute Gasteiger partial charge is 0.496 e. The van der Waals surface area contributed by atoms with Gasteiger partial charge in [-0.15, -0.1) is 0 Å². The molecule has 0 saturated heterocycles. The Morgan fingerprint density at radius 1 is 1.19 bits per heavy atom. The molecule has 4 nitrogen and oxygen atoms in total. The Morgan fingerprint density at radius 2 is 1.96 bits per heavy atom. The second-order valence-corrected chi connectivity index (χ2v) is 6.45. The molecule has 0 saturated carbocycles. The van der Waals surface area contributed by atoms with Gasteiger partial charge in [0.1, 0.15) is 12.0 Å². The van der Waals surface area contributed by atoms with E-state index < -0.39 is 0 Å². The molecule has 3 rings (SSSR count). The number of hydrogen-bond acceptors (Lipinski definition) is 4. The highest BCUT2D eigenvalue weighted by molar-refractivity contribution is 5.51. The van der Waals surface area contributed by atoms with Crippen LogP contribution in [0.3, 0.4) is 0 Å². The lowest BCUT2D eigenvalue weighted by molar-refractivity contribution is -0.107. The Bertz CT molecular complexity index is 659. The summed E-state index contributed by atoms with van der Waals surface area (Å²) in [7, 11) is 3.94. The van der Waals surface area contributed by atoms with E-state index in [0.717, 1.165) is 38.0 Å². The van der Waals surface area contributed by atoms with Gasteiger partial charge in [0, 0.05) is 12.1 Å². The highest BCUT2D eigenvalue weighted by atomic mass is 16.5. The van der Waals surface area contributed by atoms with Gasteiger partial charge < -0.3 is 14.8 Å². The van der Waals surface area contributed by atoms with E-state index in [1.54, 1.807) is 7.11 Å². The molecule has 0 spiro atoms. The SMILES string of the molecule is CCCNCC=O.COc1cccc2c1C(c1ccccc1)N(C)CC2. The first-order valence-corrected chi connectivity index (χ1v) is 9.28. The fraction of sp³-hybridized carbons (Fsp3) is 0.409. The minimum atomic E-state index is 0.293. The van der Waals surface area contributed by atoms with Crippen molar-refractivity contribution >= 4 is 6.29 Å². The van der Waals surface area contributed by atoms with Gasteiger partial charge in [-0.2, -0.15) is 0 Å². The van der Waals surface area contributed by atoms with Crippen molar-refractivity contribution in [1.29, 1.82) is 0 Å². The zero-order valence-electron chi connectivity index (χ0n) is 16.1. The van der Waals surface area contributed by atoms with Gasteiger partial charge in [0.25, 0.3) is 0 Å². The minimum absolute atomic E-state index is 0.293. The number of likely N-dealkylation sites (N-methyl/N-ethyl adjacent to an activating group) is 1. The van der Waals surface area contributed by atoms with E-state index in [9.17, 15) is 4.79 Å². The highest BCUT2D eigenvalue weighted by Gasteiger charge is 2.28. The average molecular weight is 354 g/mol. The zero-order valence-corrected chi connectivity index (χ0v) is 16.1. The zero-order chi connectivity index (χ0) is 18.8. The van der Waals surface area contributed by atoms with Crippen LogP contribution in [0.5, 0.6) is 5.75 Å². The summed E-state index contributed by atoms with van der Waals surface area (Å²) in [6.45, 7) is 4.59. The summed E-state index contributed by atoms with van der Waals surface area (Å²) >= 11 is 0. The molecule has 1 N–H and O–H groups in total. The van der Waals surface area contributed by atoms with E-state index in [4.69, 9.17) is 4.74 Å². The number of carbonyl (C=O) groups excluding carboxylic acids is 1. The maximum atomic E-state index is 9.62. The second-order valence-electron chi connectivity index (χ2n) is 6.45. The van der Waals surface area contributed by atoms with Crippen LogP contribution in [0, 0.1) is 0 Å². The first-order chi connectivity index (χ1) is 12.7. The summed E-state index contributed by atoms with van der Waals surface area (Å²) in [5.41, 5.74) is 4.06. The molecule has 26 heavy (non-hydrogen) atoms. The Kier molecular flexibility index (Phi) is 8.32. The van der Waals surface area contributed by atoms with Gasteiger partial charge >= 0.3 is 0 Å².